The number of pyridine rings is 1. The van der Waals surface area contributed by atoms with Crippen LogP contribution >= 0.6 is 0 Å². The van der Waals surface area contributed by atoms with Gasteiger partial charge < -0.3 is 5.11 Å². The number of carbonyl (C=O) groups is 1. The van der Waals surface area contributed by atoms with E-state index in [4.69, 9.17) is 9.40 Å². The molecule has 1 N–H and O–H groups in total. The van der Waals surface area contributed by atoms with Crippen LogP contribution in [0.2, 0.25) is 17.3 Å². The van der Waals surface area contributed by atoms with Gasteiger partial charge in [0.2, 0.25) is 0 Å². The van der Waals surface area contributed by atoms with E-state index < -0.39 is 18.7 Å². The molecule has 0 aliphatic heterocycles. The molecule has 0 atom stereocenters. The number of nitrogens with zero attached hydrogens (tertiary/aromatic N) is 3. The minimum atomic E-state index is -2.12. The Morgan fingerprint density at radius 3 is 2.27 bits per heavy atom. The molecule has 0 bridgehead atoms. The van der Waals surface area contributed by atoms with Crippen LogP contribution in [0.25, 0.3) is 55.0 Å². The predicted octanol–water partition coefficient (Wildman–Crippen LogP) is 9.18. The first-order valence-corrected chi connectivity index (χ1v) is 22.2. The second-order valence-corrected chi connectivity index (χ2v) is 24.9. The zero-order valence-corrected chi connectivity index (χ0v) is 31.9. The van der Waals surface area contributed by atoms with Crippen LogP contribution in [0.5, 0.6) is 0 Å². The quantitative estimate of drug-likeness (QED) is 0.0629. The summed E-state index contributed by atoms with van der Waals surface area (Å²) >= 11 is -2.12. The number of rotatable bonds is 3. The Balaban J connectivity index is 0.000000283. The second kappa shape index (κ2) is 12.8. The topological polar surface area (TPSA) is 89.1 Å². The van der Waals surface area contributed by atoms with Gasteiger partial charge in [-0.1, -0.05) is 41.5 Å². The van der Waals surface area contributed by atoms with E-state index in [2.05, 4.69) is 63.6 Å². The molecule has 0 fully saturated rings. The van der Waals surface area contributed by atoms with Crippen molar-refractivity contribution in [2.24, 2.45) is 10.8 Å². The maximum Gasteiger partial charge on any atom is 0 e. The van der Waals surface area contributed by atoms with E-state index >= 15 is 0 Å². The number of carbonyl (C=O) groups excluding carboxylic acids is 1. The summed E-state index contributed by atoms with van der Waals surface area (Å²) in [6.07, 6.45) is 4.75. The first kappa shape index (κ1) is 34.5. The van der Waals surface area contributed by atoms with E-state index in [1.165, 1.54) is 21.2 Å². The molecule has 45 heavy (non-hydrogen) atoms. The monoisotopic (exact) mass is 841 g/mol. The Bertz CT molecular complexity index is 2060. The maximum absolute atomic E-state index is 11.5. The van der Waals surface area contributed by atoms with Crippen molar-refractivity contribution in [3.63, 3.8) is 0 Å². The number of fused-ring (bicyclic) bond motifs is 6. The normalized spacial score (nSPS) is 12.7. The molecule has 1 radical (unpaired) electrons. The van der Waals surface area contributed by atoms with Crippen molar-refractivity contribution in [2.45, 2.75) is 58.8 Å². The van der Waals surface area contributed by atoms with Gasteiger partial charge in [0.25, 0.3) is 0 Å². The third-order valence-corrected chi connectivity index (χ3v) is 11.9. The molecule has 0 saturated carbocycles. The maximum atomic E-state index is 11.5. The molecule has 3 aromatic heterocycles. The third-order valence-electron chi connectivity index (χ3n) is 7.68. The van der Waals surface area contributed by atoms with E-state index in [9.17, 15) is 9.90 Å². The van der Waals surface area contributed by atoms with Crippen molar-refractivity contribution in [3.05, 3.63) is 85.0 Å². The summed E-state index contributed by atoms with van der Waals surface area (Å²) in [6, 6.07) is 22.2. The van der Waals surface area contributed by atoms with Gasteiger partial charge in [-0.2, -0.15) is 0 Å². The Hall–Kier alpha value is -3.39. The zero-order valence-electron chi connectivity index (χ0n) is 27.4. The summed E-state index contributed by atoms with van der Waals surface area (Å²) < 4.78 is 7.62. The van der Waals surface area contributed by atoms with Crippen molar-refractivity contribution >= 4 is 67.2 Å². The molecule has 235 valence electrons. The molecule has 0 unspecified atom stereocenters. The molecule has 3 aromatic carbocycles. The first-order chi connectivity index (χ1) is 20.6. The number of benzene rings is 3. The number of hydrogen-bond donors (Lipinski definition) is 1. The summed E-state index contributed by atoms with van der Waals surface area (Å²) in [7, 11) is 0. The molecule has 3 heterocycles. The molecular formula is C37H40GeIrN3O3-. The second-order valence-electron chi connectivity index (χ2n) is 14.3. The molecule has 8 heteroatoms. The van der Waals surface area contributed by atoms with E-state index in [1.54, 1.807) is 12.5 Å². The molecule has 0 spiro atoms. The van der Waals surface area contributed by atoms with Crippen molar-refractivity contribution in [1.82, 2.24) is 15.0 Å². The van der Waals surface area contributed by atoms with Gasteiger partial charge in [0, 0.05) is 37.0 Å². The van der Waals surface area contributed by atoms with Gasteiger partial charge in [-0.25, -0.2) is 0 Å². The van der Waals surface area contributed by atoms with Crippen LogP contribution in [0, 0.1) is 16.9 Å². The van der Waals surface area contributed by atoms with Crippen LogP contribution in [-0.4, -0.2) is 39.1 Å². The fraction of sp³-hybridized carbons (Fsp3) is 0.297. The van der Waals surface area contributed by atoms with Gasteiger partial charge in [0.05, 0.1) is 0 Å². The van der Waals surface area contributed by atoms with Crippen molar-refractivity contribution in [1.29, 1.82) is 0 Å². The van der Waals surface area contributed by atoms with E-state index in [0.717, 1.165) is 38.5 Å². The Morgan fingerprint density at radius 2 is 1.60 bits per heavy atom. The molecule has 0 aliphatic rings. The number of furan rings is 1. The number of aromatic nitrogens is 3. The Kier molecular flexibility index (Phi) is 9.79. The van der Waals surface area contributed by atoms with Gasteiger partial charge in [0.15, 0.2) is 5.78 Å². The van der Waals surface area contributed by atoms with Crippen molar-refractivity contribution in [3.8, 4) is 11.3 Å². The smallest absolute Gasteiger partial charge is 0 e. The average Bonchev–Trinajstić information content (AvgIpc) is 3.34. The van der Waals surface area contributed by atoms with Crippen molar-refractivity contribution in [2.75, 3.05) is 0 Å². The zero-order chi connectivity index (χ0) is 32.0. The number of allylic oxidation sites excluding steroid dienone is 2. The van der Waals surface area contributed by atoms with Crippen LogP contribution in [0.15, 0.2) is 83.4 Å². The van der Waals surface area contributed by atoms with Crippen LogP contribution in [0.1, 0.15) is 41.5 Å². The molecule has 6 aromatic rings. The van der Waals surface area contributed by atoms with Gasteiger partial charge >= 0.3 is 182 Å². The fourth-order valence-electron chi connectivity index (χ4n) is 5.03. The third kappa shape index (κ3) is 7.06. The molecule has 0 saturated heterocycles. The van der Waals surface area contributed by atoms with Gasteiger partial charge in [-0.15, -0.1) is 0 Å². The Labute approximate surface area is 281 Å². The SMILES string of the molecule is CC(C)(C)C(=O)/C=C(\O)C(C)(C)C.[CH3][Ge]([CH3])([CH3])[c]1cccc2ccc3c(-c4[c-]ccc5c4oc4ncccc45)ncnc3c12.[Ir]. The van der Waals surface area contributed by atoms with Gasteiger partial charge in [-0.3, -0.25) is 4.79 Å². The summed E-state index contributed by atoms with van der Waals surface area (Å²) in [6.45, 7) is 11.1. The minimum Gasteiger partial charge on any atom is 0 e. The molecule has 6 nitrogen and oxygen atoms in total. The molecular weight excluding hydrogens is 799 g/mol. The number of aliphatic hydroxyl groups excluding tert-OH is 1. The van der Waals surface area contributed by atoms with E-state index in [1.807, 2.05) is 65.8 Å². The van der Waals surface area contributed by atoms with E-state index in [-0.39, 0.29) is 37.1 Å². The van der Waals surface area contributed by atoms with Crippen LogP contribution < -0.4 is 4.40 Å². The van der Waals surface area contributed by atoms with Crippen LogP contribution in [0.4, 0.5) is 0 Å². The number of hydrogen-bond acceptors (Lipinski definition) is 6. The summed E-state index contributed by atoms with van der Waals surface area (Å²) in [5.74, 6) is 7.37. The molecule has 0 aliphatic carbocycles. The van der Waals surface area contributed by atoms with Crippen LogP contribution in [0.3, 0.4) is 0 Å². The minimum absolute atomic E-state index is 0. The number of ketones is 1. The standard InChI is InChI=1S/C26H20GeN3O.C11H20O2.Ir/c1-27(2,3)21-11-4-7-16-12-13-19-23(29-15-30-24(19)22(16)21)20-9-5-8-17-18-10-6-14-28-26(18)31-25(17)20;1-10(2,3)8(12)7-9(13)11(4,5)6;/h4-8,10-15H,1-3H3;7,12H,1-6H3;/q-1;;/b;8-7-;. The molecule has 6 rings (SSSR count). The molecule has 0 amide bonds. The number of aliphatic hydroxyl groups is 1. The summed E-state index contributed by atoms with van der Waals surface area (Å²) in [5.41, 5.74) is 3.31. The fourth-order valence-corrected chi connectivity index (χ4v) is 8.41. The average molecular weight is 840 g/mol. The van der Waals surface area contributed by atoms with Gasteiger partial charge in [-0.05, 0) is 0 Å². The van der Waals surface area contributed by atoms with Crippen LogP contribution in [-0.2, 0) is 24.9 Å². The van der Waals surface area contributed by atoms with Gasteiger partial charge in [0.1, 0.15) is 5.76 Å². The summed E-state index contributed by atoms with van der Waals surface area (Å²) in [5, 5.41) is 15.1. The summed E-state index contributed by atoms with van der Waals surface area (Å²) in [4.78, 5) is 25.3. The Morgan fingerprint density at radius 1 is 0.867 bits per heavy atom. The first-order valence-electron chi connectivity index (χ1n) is 14.9. The predicted molar refractivity (Wildman–Crippen MR) is 184 cm³/mol. The van der Waals surface area contributed by atoms with E-state index in [0.29, 0.717) is 5.71 Å². The van der Waals surface area contributed by atoms with Crippen molar-refractivity contribution < 1.29 is 34.4 Å². The largest absolute Gasteiger partial charge is 0 e.